The second-order valence-electron chi connectivity index (χ2n) is 6.16. The Morgan fingerprint density at radius 3 is 2.67 bits per heavy atom. The second-order valence-corrected chi connectivity index (χ2v) is 7.84. The first-order chi connectivity index (χ1) is 13.0. The van der Waals surface area contributed by atoms with Crippen molar-refractivity contribution in [3.63, 3.8) is 0 Å². The van der Waals surface area contributed by atoms with E-state index in [1.165, 1.54) is 19.2 Å². The van der Waals surface area contributed by atoms with Crippen LogP contribution in [0.1, 0.15) is 12.8 Å². The Morgan fingerprint density at radius 2 is 1.93 bits per heavy atom. The number of hydrogen-bond acceptors (Lipinski definition) is 6. The second kappa shape index (κ2) is 6.66. The van der Waals surface area contributed by atoms with Gasteiger partial charge in [-0.15, -0.1) is 0 Å². The van der Waals surface area contributed by atoms with Crippen molar-refractivity contribution in [1.29, 1.82) is 0 Å². The van der Waals surface area contributed by atoms with E-state index in [4.69, 9.17) is 14.2 Å². The van der Waals surface area contributed by atoms with Gasteiger partial charge in [0, 0.05) is 19.0 Å². The molecule has 2 aromatic rings. The Balaban J connectivity index is 1.66. The summed E-state index contributed by atoms with van der Waals surface area (Å²) in [6, 6.07) is 9.25. The van der Waals surface area contributed by atoms with Crippen LogP contribution in [0.4, 0.5) is 11.4 Å². The van der Waals surface area contributed by atoms with Crippen molar-refractivity contribution in [2.75, 3.05) is 30.1 Å². The highest BCUT2D eigenvalue weighted by atomic mass is 32.2. The van der Waals surface area contributed by atoms with E-state index < -0.39 is 10.0 Å². The lowest BCUT2D eigenvalue weighted by molar-refractivity contribution is -0.117. The van der Waals surface area contributed by atoms with E-state index in [1.54, 1.807) is 29.2 Å². The van der Waals surface area contributed by atoms with Crippen LogP contribution in [-0.2, 0) is 14.8 Å². The van der Waals surface area contributed by atoms with Crippen LogP contribution in [0.3, 0.4) is 0 Å². The highest BCUT2D eigenvalue weighted by molar-refractivity contribution is 7.92. The van der Waals surface area contributed by atoms with Crippen LogP contribution < -0.4 is 23.8 Å². The molecule has 1 N–H and O–H groups in total. The molecule has 2 aliphatic rings. The Hall–Kier alpha value is -2.94. The third kappa shape index (κ3) is 3.25. The number of anilines is 2. The number of hydrogen-bond donors (Lipinski definition) is 1. The first-order valence-electron chi connectivity index (χ1n) is 8.39. The van der Waals surface area contributed by atoms with Gasteiger partial charge in [-0.2, -0.15) is 0 Å². The summed E-state index contributed by atoms with van der Waals surface area (Å²) in [4.78, 5) is 13.7. The molecule has 2 aromatic carbocycles. The predicted molar refractivity (Wildman–Crippen MR) is 98.0 cm³/mol. The normalized spacial score (nSPS) is 15.9. The standard InChI is InChI=1S/C18H18N2O6S/c1-24-15-7-5-13(10-14(15)20-8-2-3-18(20)21)27(22,23)19-12-4-6-16-17(9-12)26-11-25-16/h4-7,9-10,19H,2-3,8,11H2,1H3. The number of carbonyl (C=O) groups is 1. The van der Waals surface area contributed by atoms with E-state index in [2.05, 4.69) is 4.72 Å². The maximum absolute atomic E-state index is 12.8. The topological polar surface area (TPSA) is 94.2 Å². The van der Waals surface area contributed by atoms with Gasteiger partial charge < -0.3 is 19.1 Å². The van der Waals surface area contributed by atoms with E-state index in [9.17, 15) is 13.2 Å². The molecule has 0 spiro atoms. The summed E-state index contributed by atoms with van der Waals surface area (Å²) in [6.45, 7) is 0.644. The number of nitrogens with zero attached hydrogens (tertiary/aromatic N) is 1. The summed E-state index contributed by atoms with van der Waals surface area (Å²) >= 11 is 0. The number of ether oxygens (including phenoxy) is 3. The van der Waals surface area contributed by atoms with Crippen LogP contribution in [0.15, 0.2) is 41.3 Å². The number of amides is 1. The first-order valence-corrected chi connectivity index (χ1v) is 9.87. The molecule has 2 aliphatic heterocycles. The molecule has 2 heterocycles. The fourth-order valence-electron chi connectivity index (χ4n) is 3.12. The van der Waals surface area contributed by atoms with Crippen molar-refractivity contribution in [3.05, 3.63) is 36.4 Å². The summed E-state index contributed by atoms with van der Waals surface area (Å²) in [5.41, 5.74) is 0.808. The molecule has 0 radical (unpaired) electrons. The molecule has 1 fully saturated rings. The number of benzene rings is 2. The van der Waals surface area contributed by atoms with Gasteiger partial charge in [-0.1, -0.05) is 0 Å². The number of nitrogens with one attached hydrogen (secondary N) is 1. The smallest absolute Gasteiger partial charge is 0.261 e. The third-order valence-corrected chi connectivity index (χ3v) is 5.83. The Kier molecular flexibility index (Phi) is 4.31. The average molecular weight is 390 g/mol. The van der Waals surface area contributed by atoms with Gasteiger partial charge in [0.1, 0.15) is 5.75 Å². The largest absolute Gasteiger partial charge is 0.495 e. The van der Waals surface area contributed by atoms with Gasteiger partial charge in [-0.3, -0.25) is 9.52 Å². The van der Waals surface area contributed by atoms with Crippen LogP contribution in [0, 0.1) is 0 Å². The van der Waals surface area contributed by atoms with E-state index in [1.807, 2.05) is 0 Å². The molecule has 8 nitrogen and oxygen atoms in total. The highest BCUT2D eigenvalue weighted by Crippen LogP contribution is 2.36. The van der Waals surface area contributed by atoms with Gasteiger partial charge in [0.05, 0.1) is 23.4 Å². The summed E-state index contributed by atoms with van der Waals surface area (Å²) in [7, 11) is -2.38. The monoisotopic (exact) mass is 390 g/mol. The minimum atomic E-state index is -3.87. The van der Waals surface area contributed by atoms with Crippen LogP contribution in [0.2, 0.25) is 0 Å². The molecule has 0 aromatic heterocycles. The van der Waals surface area contributed by atoms with Crippen LogP contribution in [0.25, 0.3) is 0 Å². The molecule has 4 rings (SSSR count). The van der Waals surface area contributed by atoms with Gasteiger partial charge in [0.25, 0.3) is 10.0 Å². The molecule has 0 saturated carbocycles. The van der Waals surface area contributed by atoms with Crippen LogP contribution in [-0.4, -0.2) is 34.8 Å². The SMILES string of the molecule is COc1ccc(S(=O)(=O)Nc2ccc3c(c2)OCO3)cc1N1CCCC1=O. The zero-order valence-corrected chi connectivity index (χ0v) is 15.4. The predicted octanol–water partition coefficient (Wildman–Crippen LogP) is 2.35. The minimum absolute atomic E-state index is 0.0377. The molecule has 1 amide bonds. The molecule has 0 unspecified atom stereocenters. The number of methoxy groups -OCH3 is 1. The molecule has 0 bridgehead atoms. The van der Waals surface area contributed by atoms with Crippen LogP contribution >= 0.6 is 0 Å². The first kappa shape index (κ1) is 17.5. The van der Waals surface area contributed by atoms with Crippen molar-refractivity contribution in [3.8, 4) is 17.2 Å². The van der Waals surface area contributed by atoms with Gasteiger partial charge in [-0.05, 0) is 36.8 Å². The lowest BCUT2D eigenvalue weighted by atomic mass is 10.2. The Morgan fingerprint density at radius 1 is 1.11 bits per heavy atom. The molecule has 0 atom stereocenters. The van der Waals surface area contributed by atoms with E-state index in [-0.39, 0.29) is 17.6 Å². The van der Waals surface area contributed by atoms with E-state index >= 15 is 0 Å². The number of fused-ring (bicyclic) bond motifs is 1. The van der Waals surface area contributed by atoms with Crippen molar-refractivity contribution >= 4 is 27.3 Å². The zero-order valence-electron chi connectivity index (χ0n) is 14.6. The lowest BCUT2D eigenvalue weighted by Gasteiger charge is -2.20. The van der Waals surface area contributed by atoms with Gasteiger partial charge in [0.2, 0.25) is 12.7 Å². The quantitative estimate of drug-likeness (QED) is 0.842. The maximum atomic E-state index is 12.8. The lowest BCUT2D eigenvalue weighted by Crippen LogP contribution is -2.24. The summed E-state index contributed by atoms with van der Waals surface area (Å²) in [5.74, 6) is 1.45. The van der Waals surface area contributed by atoms with Crippen molar-refractivity contribution in [2.45, 2.75) is 17.7 Å². The summed E-state index contributed by atoms with van der Waals surface area (Å²) < 4.78 is 44.0. The molecule has 9 heteroatoms. The molecule has 0 aliphatic carbocycles. The zero-order chi connectivity index (χ0) is 19.0. The van der Waals surface area contributed by atoms with Gasteiger partial charge in [0.15, 0.2) is 11.5 Å². The van der Waals surface area contributed by atoms with Crippen molar-refractivity contribution in [1.82, 2.24) is 0 Å². The molecular weight excluding hydrogens is 372 g/mol. The molecule has 1 saturated heterocycles. The minimum Gasteiger partial charge on any atom is -0.495 e. The van der Waals surface area contributed by atoms with Crippen LogP contribution in [0.5, 0.6) is 17.2 Å². The Bertz CT molecular complexity index is 1000. The number of carbonyl (C=O) groups excluding carboxylic acids is 1. The average Bonchev–Trinajstić information content (AvgIpc) is 3.29. The molecular formula is C18H18N2O6S. The number of rotatable bonds is 5. The van der Waals surface area contributed by atoms with Gasteiger partial charge in [-0.25, -0.2) is 8.42 Å². The number of sulfonamides is 1. The fraction of sp³-hybridized carbons (Fsp3) is 0.278. The third-order valence-electron chi connectivity index (χ3n) is 4.45. The van der Waals surface area contributed by atoms with Crippen molar-refractivity contribution < 1.29 is 27.4 Å². The highest BCUT2D eigenvalue weighted by Gasteiger charge is 2.27. The molecule has 27 heavy (non-hydrogen) atoms. The molecule has 142 valence electrons. The Labute approximate surface area is 156 Å². The summed E-state index contributed by atoms with van der Waals surface area (Å²) in [6.07, 6.45) is 1.17. The fourth-order valence-corrected chi connectivity index (χ4v) is 4.19. The van der Waals surface area contributed by atoms with Crippen molar-refractivity contribution in [2.24, 2.45) is 0 Å². The van der Waals surface area contributed by atoms with E-state index in [0.29, 0.717) is 41.6 Å². The van der Waals surface area contributed by atoms with Gasteiger partial charge >= 0.3 is 0 Å². The van der Waals surface area contributed by atoms with E-state index in [0.717, 1.165) is 6.42 Å². The summed E-state index contributed by atoms with van der Waals surface area (Å²) in [5, 5.41) is 0. The maximum Gasteiger partial charge on any atom is 0.261 e.